The van der Waals surface area contributed by atoms with Gasteiger partial charge in [-0.05, 0) is 13.0 Å². The Morgan fingerprint density at radius 1 is 1.69 bits per heavy atom. The number of hydrogen-bond donors (Lipinski definition) is 0. The molecule has 0 N–H and O–H groups in total. The molecule has 0 aliphatic heterocycles. The van der Waals surface area contributed by atoms with Gasteiger partial charge in [0.05, 0.1) is 6.61 Å². The lowest BCUT2D eigenvalue weighted by Crippen LogP contribution is -2.01. The van der Waals surface area contributed by atoms with E-state index >= 15 is 0 Å². The van der Waals surface area contributed by atoms with Gasteiger partial charge in [-0.2, -0.15) is 0 Å². The van der Waals surface area contributed by atoms with Crippen LogP contribution in [0.2, 0.25) is 5.15 Å². The summed E-state index contributed by atoms with van der Waals surface area (Å²) in [6, 6.07) is 1.16. The summed E-state index contributed by atoms with van der Waals surface area (Å²) in [6.45, 7) is 2.03. The van der Waals surface area contributed by atoms with E-state index in [0.29, 0.717) is 12.2 Å². The Morgan fingerprint density at radius 3 is 3.06 bits per heavy atom. The predicted molar refractivity (Wildman–Crippen MR) is 57.3 cm³/mol. The fraction of sp³-hybridized carbons (Fsp3) is 0.273. The van der Waals surface area contributed by atoms with Gasteiger partial charge < -0.3 is 4.74 Å². The zero-order chi connectivity index (χ0) is 12.0. The number of halogens is 2. The number of esters is 1. The normalized spacial score (nSPS) is 9.19. The molecule has 16 heavy (non-hydrogen) atoms. The number of hydrogen-bond acceptors (Lipinski definition) is 3. The molecule has 1 heterocycles. The van der Waals surface area contributed by atoms with E-state index in [0.717, 1.165) is 6.07 Å². The van der Waals surface area contributed by atoms with E-state index in [9.17, 15) is 9.18 Å². The highest BCUT2D eigenvalue weighted by Gasteiger charge is 2.00. The molecule has 0 aromatic carbocycles. The van der Waals surface area contributed by atoms with Crippen LogP contribution in [0.3, 0.4) is 0 Å². The molecule has 1 aromatic heterocycles. The molecular weight excluding hydrogens is 233 g/mol. The maximum absolute atomic E-state index is 12.9. The lowest BCUT2D eigenvalue weighted by molar-refractivity contribution is -0.141. The number of pyridine rings is 1. The molecule has 0 aliphatic rings. The van der Waals surface area contributed by atoms with Crippen LogP contribution in [0.5, 0.6) is 0 Å². The van der Waals surface area contributed by atoms with Gasteiger partial charge in [0.25, 0.3) is 0 Å². The second kappa shape index (κ2) is 6.09. The number of nitrogens with zero attached hydrogens (tertiary/aromatic N) is 1. The van der Waals surface area contributed by atoms with Gasteiger partial charge in [-0.1, -0.05) is 23.4 Å². The largest absolute Gasteiger partial charge is 0.465 e. The van der Waals surface area contributed by atoms with Crippen molar-refractivity contribution in [2.75, 3.05) is 6.61 Å². The zero-order valence-electron chi connectivity index (χ0n) is 8.59. The van der Waals surface area contributed by atoms with Gasteiger partial charge in [-0.15, -0.1) is 0 Å². The van der Waals surface area contributed by atoms with Crippen LogP contribution in [0.25, 0.3) is 0 Å². The van der Waals surface area contributed by atoms with Crippen molar-refractivity contribution in [1.82, 2.24) is 4.98 Å². The van der Waals surface area contributed by atoms with Crippen molar-refractivity contribution in [2.24, 2.45) is 0 Å². The minimum absolute atomic E-state index is 0.0297. The van der Waals surface area contributed by atoms with Crippen molar-refractivity contribution in [3.63, 3.8) is 0 Å². The van der Waals surface area contributed by atoms with Gasteiger partial charge >= 0.3 is 5.97 Å². The third-order valence-electron chi connectivity index (χ3n) is 1.57. The maximum Gasteiger partial charge on any atom is 0.317 e. The van der Waals surface area contributed by atoms with Crippen molar-refractivity contribution in [3.05, 3.63) is 28.8 Å². The Kier molecular flexibility index (Phi) is 4.74. The molecule has 0 radical (unpaired) electrons. The van der Waals surface area contributed by atoms with Crippen LogP contribution in [0.4, 0.5) is 4.39 Å². The molecule has 1 rings (SSSR count). The molecule has 0 atom stereocenters. The van der Waals surface area contributed by atoms with Crippen LogP contribution in [0, 0.1) is 17.7 Å². The molecule has 0 amide bonds. The fourth-order valence-electron chi connectivity index (χ4n) is 0.920. The Hall–Kier alpha value is -1.60. The summed E-state index contributed by atoms with van der Waals surface area (Å²) in [6.07, 6.45) is 1.31. The molecule has 0 bridgehead atoms. The van der Waals surface area contributed by atoms with Crippen LogP contribution in [-0.2, 0) is 9.53 Å². The summed E-state index contributed by atoms with van der Waals surface area (Å²) in [5.74, 6) is 4.11. The molecule has 0 saturated carbocycles. The van der Waals surface area contributed by atoms with Gasteiger partial charge in [0, 0.05) is 11.8 Å². The lowest BCUT2D eigenvalue weighted by Gasteiger charge is -1.95. The molecule has 0 spiro atoms. The van der Waals surface area contributed by atoms with Crippen LogP contribution in [0.15, 0.2) is 12.3 Å². The number of rotatable bonds is 2. The summed E-state index contributed by atoms with van der Waals surface area (Å²) in [5.41, 5.74) is 0.367. The summed E-state index contributed by atoms with van der Waals surface area (Å²) in [7, 11) is 0. The quantitative estimate of drug-likeness (QED) is 0.453. The molecule has 0 saturated heterocycles. The number of ether oxygens (including phenoxy) is 1. The lowest BCUT2D eigenvalue weighted by atomic mass is 10.3. The first-order valence-corrected chi connectivity index (χ1v) is 4.96. The minimum Gasteiger partial charge on any atom is -0.465 e. The van der Waals surface area contributed by atoms with Crippen molar-refractivity contribution in [3.8, 4) is 11.8 Å². The summed E-state index contributed by atoms with van der Waals surface area (Å²) < 4.78 is 17.6. The van der Waals surface area contributed by atoms with E-state index in [1.54, 1.807) is 6.92 Å². The standard InChI is InChI=1S/C11H9ClFNO2/c1-2-16-10(15)5-3-4-8-6-9(13)11(12)14-7-8/h6-7H,2,5H2,1H3. The van der Waals surface area contributed by atoms with Crippen molar-refractivity contribution in [1.29, 1.82) is 0 Å². The van der Waals surface area contributed by atoms with Gasteiger partial charge in [-0.3, -0.25) is 4.79 Å². The zero-order valence-corrected chi connectivity index (χ0v) is 9.34. The average molecular weight is 242 g/mol. The highest BCUT2D eigenvalue weighted by atomic mass is 35.5. The maximum atomic E-state index is 12.9. The average Bonchev–Trinajstić information content (AvgIpc) is 2.24. The molecule has 0 unspecified atom stereocenters. The third kappa shape index (κ3) is 3.87. The van der Waals surface area contributed by atoms with E-state index in [1.165, 1.54) is 6.20 Å². The van der Waals surface area contributed by atoms with E-state index in [1.807, 2.05) is 0 Å². The van der Waals surface area contributed by atoms with Crippen molar-refractivity contribution >= 4 is 17.6 Å². The monoisotopic (exact) mass is 241 g/mol. The second-order valence-electron chi connectivity index (χ2n) is 2.78. The van der Waals surface area contributed by atoms with Crippen LogP contribution < -0.4 is 0 Å². The Morgan fingerprint density at radius 2 is 2.44 bits per heavy atom. The molecule has 5 heteroatoms. The Labute approximate surface area is 97.6 Å². The van der Waals surface area contributed by atoms with Crippen LogP contribution in [-0.4, -0.2) is 17.6 Å². The fourth-order valence-corrected chi connectivity index (χ4v) is 1.02. The molecule has 0 fully saturated rings. The first-order valence-electron chi connectivity index (χ1n) is 4.59. The predicted octanol–water partition coefficient (Wildman–Crippen LogP) is 2.18. The smallest absolute Gasteiger partial charge is 0.317 e. The first kappa shape index (κ1) is 12.5. The topological polar surface area (TPSA) is 39.2 Å². The molecule has 3 nitrogen and oxygen atoms in total. The summed E-state index contributed by atoms with van der Waals surface area (Å²) in [5, 5.41) is -0.198. The van der Waals surface area contributed by atoms with Crippen molar-refractivity contribution in [2.45, 2.75) is 13.3 Å². The molecule has 0 aliphatic carbocycles. The van der Waals surface area contributed by atoms with E-state index in [2.05, 4.69) is 21.6 Å². The van der Waals surface area contributed by atoms with E-state index < -0.39 is 11.8 Å². The van der Waals surface area contributed by atoms with Gasteiger partial charge in [0.1, 0.15) is 6.42 Å². The molecular formula is C11H9ClFNO2. The van der Waals surface area contributed by atoms with Gasteiger partial charge in [0.15, 0.2) is 11.0 Å². The Bertz CT molecular complexity index is 451. The number of carbonyl (C=O) groups excluding carboxylic acids is 1. The minimum atomic E-state index is -0.635. The van der Waals surface area contributed by atoms with Crippen molar-refractivity contribution < 1.29 is 13.9 Å². The van der Waals surface area contributed by atoms with E-state index in [-0.39, 0.29) is 11.6 Å². The van der Waals surface area contributed by atoms with Gasteiger partial charge in [-0.25, -0.2) is 9.37 Å². The third-order valence-corrected chi connectivity index (χ3v) is 1.85. The Balaban J connectivity index is 2.63. The van der Waals surface area contributed by atoms with Crippen LogP contribution >= 0.6 is 11.6 Å². The van der Waals surface area contributed by atoms with Crippen LogP contribution in [0.1, 0.15) is 18.9 Å². The first-order chi connectivity index (χ1) is 7.63. The number of carbonyl (C=O) groups is 1. The highest BCUT2D eigenvalue weighted by Crippen LogP contribution is 2.10. The van der Waals surface area contributed by atoms with Gasteiger partial charge in [0.2, 0.25) is 0 Å². The molecule has 84 valence electrons. The summed E-state index contributed by atoms with van der Waals surface area (Å²) in [4.78, 5) is 14.5. The SMILES string of the molecule is CCOC(=O)CC#Cc1cnc(Cl)c(F)c1. The van der Waals surface area contributed by atoms with E-state index in [4.69, 9.17) is 11.6 Å². The summed E-state index contributed by atoms with van der Waals surface area (Å²) >= 11 is 5.40. The number of aromatic nitrogens is 1. The highest BCUT2D eigenvalue weighted by molar-refractivity contribution is 6.29. The molecule has 1 aromatic rings. The second-order valence-corrected chi connectivity index (χ2v) is 3.14.